The lowest BCUT2D eigenvalue weighted by Gasteiger charge is -2.34. The Balaban J connectivity index is 1.60. The summed E-state index contributed by atoms with van der Waals surface area (Å²) in [6.45, 7) is 3.91. The highest BCUT2D eigenvalue weighted by atomic mass is 19.4. The van der Waals surface area contributed by atoms with Crippen molar-refractivity contribution in [3.05, 3.63) is 54.1 Å². The summed E-state index contributed by atoms with van der Waals surface area (Å²) in [5, 5.41) is 0. The summed E-state index contributed by atoms with van der Waals surface area (Å²) in [6.07, 6.45) is 8.44. The molecular weight excluding hydrogens is 309 g/mol. The van der Waals surface area contributed by atoms with Gasteiger partial charge in [-0.1, -0.05) is 24.3 Å². The van der Waals surface area contributed by atoms with Crippen LogP contribution in [0.3, 0.4) is 0 Å². The van der Waals surface area contributed by atoms with Crippen LogP contribution in [-0.2, 0) is 6.18 Å². The van der Waals surface area contributed by atoms with Crippen LogP contribution in [0.25, 0.3) is 5.57 Å². The van der Waals surface area contributed by atoms with E-state index >= 15 is 0 Å². The predicted octanol–water partition coefficient (Wildman–Crippen LogP) is 6.88. The van der Waals surface area contributed by atoms with Crippen LogP contribution in [0.4, 0.5) is 13.2 Å². The number of benzene rings is 1. The molecule has 1 saturated carbocycles. The van der Waals surface area contributed by atoms with Crippen LogP contribution in [-0.4, -0.2) is 0 Å². The van der Waals surface area contributed by atoms with Crippen LogP contribution in [0, 0.1) is 17.8 Å². The Kier molecular flexibility index (Phi) is 5.17. The van der Waals surface area contributed by atoms with E-state index in [1.807, 2.05) is 0 Å². The molecule has 2 aliphatic rings. The van der Waals surface area contributed by atoms with Crippen molar-refractivity contribution in [2.24, 2.45) is 17.8 Å². The molecule has 3 heteroatoms. The topological polar surface area (TPSA) is 0 Å². The van der Waals surface area contributed by atoms with Crippen molar-refractivity contribution >= 4 is 5.57 Å². The fraction of sp³-hybridized carbons (Fsp3) is 0.524. The van der Waals surface area contributed by atoms with E-state index in [9.17, 15) is 13.2 Å². The van der Waals surface area contributed by atoms with Gasteiger partial charge in [0.15, 0.2) is 0 Å². The first-order valence-corrected chi connectivity index (χ1v) is 8.96. The van der Waals surface area contributed by atoms with E-state index in [2.05, 4.69) is 18.7 Å². The Hall–Kier alpha value is -1.51. The Morgan fingerprint density at radius 1 is 0.917 bits per heavy atom. The van der Waals surface area contributed by atoms with E-state index in [1.54, 1.807) is 12.1 Å². The van der Waals surface area contributed by atoms with Gasteiger partial charge in [-0.15, -0.1) is 6.58 Å². The highest BCUT2D eigenvalue weighted by Crippen LogP contribution is 2.41. The van der Waals surface area contributed by atoms with Gasteiger partial charge in [-0.2, -0.15) is 13.2 Å². The second kappa shape index (κ2) is 7.16. The molecule has 0 aromatic heterocycles. The first-order chi connectivity index (χ1) is 11.5. The van der Waals surface area contributed by atoms with Crippen LogP contribution >= 0.6 is 0 Å². The van der Waals surface area contributed by atoms with Crippen LogP contribution in [0.2, 0.25) is 0 Å². The first kappa shape index (κ1) is 17.3. The maximum absolute atomic E-state index is 12.7. The number of hydrogen-bond donors (Lipinski definition) is 0. The number of halogens is 3. The third-order valence-corrected chi connectivity index (χ3v) is 5.85. The van der Waals surface area contributed by atoms with E-state index in [0.29, 0.717) is 5.92 Å². The van der Waals surface area contributed by atoms with Crippen molar-refractivity contribution in [2.75, 3.05) is 0 Å². The molecule has 1 fully saturated rings. The molecule has 3 rings (SSSR count). The third-order valence-electron chi connectivity index (χ3n) is 5.85. The van der Waals surface area contributed by atoms with Crippen molar-refractivity contribution in [3.63, 3.8) is 0 Å². The maximum Gasteiger partial charge on any atom is 0.416 e. The lowest BCUT2D eigenvalue weighted by atomic mass is 9.71. The van der Waals surface area contributed by atoms with E-state index in [-0.39, 0.29) is 0 Å². The minimum Gasteiger partial charge on any atom is -0.166 e. The summed E-state index contributed by atoms with van der Waals surface area (Å²) in [4.78, 5) is 0. The van der Waals surface area contributed by atoms with Gasteiger partial charge in [0, 0.05) is 0 Å². The molecule has 24 heavy (non-hydrogen) atoms. The SMILES string of the molecule is C=CC1CCC(C2CC=C(c3ccc(C(F)(F)F)cc3)CC2)CC1. The van der Waals surface area contributed by atoms with Gasteiger partial charge in [0.1, 0.15) is 0 Å². The Labute approximate surface area is 142 Å². The van der Waals surface area contributed by atoms with Crippen LogP contribution in [0.5, 0.6) is 0 Å². The molecule has 0 saturated heterocycles. The summed E-state index contributed by atoms with van der Waals surface area (Å²) < 4.78 is 38.0. The normalized spacial score (nSPS) is 28.3. The summed E-state index contributed by atoms with van der Waals surface area (Å²) in [7, 11) is 0. The zero-order valence-electron chi connectivity index (χ0n) is 14.0. The van der Waals surface area contributed by atoms with Crippen molar-refractivity contribution in [2.45, 2.75) is 51.1 Å². The number of rotatable bonds is 3. The summed E-state index contributed by atoms with van der Waals surface area (Å²) >= 11 is 0. The lowest BCUT2D eigenvalue weighted by molar-refractivity contribution is -0.137. The first-order valence-electron chi connectivity index (χ1n) is 8.96. The quantitative estimate of drug-likeness (QED) is 0.528. The van der Waals surface area contributed by atoms with Crippen LogP contribution in [0.1, 0.15) is 56.1 Å². The molecular formula is C21H25F3. The van der Waals surface area contributed by atoms with Crippen molar-refractivity contribution < 1.29 is 13.2 Å². The van der Waals surface area contributed by atoms with E-state index in [1.165, 1.54) is 43.4 Å². The minimum absolute atomic E-state index is 0.570. The predicted molar refractivity (Wildman–Crippen MR) is 92.4 cm³/mol. The molecule has 0 spiro atoms. The zero-order chi connectivity index (χ0) is 17.2. The number of alkyl halides is 3. The molecule has 1 aromatic rings. The van der Waals surface area contributed by atoms with Gasteiger partial charge in [-0.25, -0.2) is 0 Å². The average Bonchev–Trinajstić information content (AvgIpc) is 2.61. The smallest absolute Gasteiger partial charge is 0.166 e. The molecule has 0 bridgehead atoms. The molecule has 0 aliphatic heterocycles. The monoisotopic (exact) mass is 334 g/mol. The van der Waals surface area contributed by atoms with Crippen LogP contribution in [0.15, 0.2) is 43.0 Å². The largest absolute Gasteiger partial charge is 0.416 e. The third kappa shape index (κ3) is 3.93. The molecule has 0 nitrogen and oxygen atoms in total. The molecule has 0 amide bonds. The second-order valence-electron chi connectivity index (χ2n) is 7.25. The molecule has 1 aromatic carbocycles. The summed E-state index contributed by atoms with van der Waals surface area (Å²) in [5.41, 5.74) is 1.58. The van der Waals surface area contributed by atoms with Gasteiger partial charge in [0.2, 0.25) is 0 Å². The Morgan fingerprint density at radius 3 is 2.08 bits per heavy atom. The highest BCUT2D eigenvalue weighted by Gasteiger charge is 2.31. The Morgan fingerprint density at radius 2 is 1.58 bits per heavy atom. The summed E-state index contributed by atoms with van der Waals surface area (Å²) in [6, 6.07) is 5.62. The van der Waals surface area contributed by atoms with Gasteiger partial charge < -0.3 is 0 Å². The molecule has 2 aliphatic carbocycles. The minimum atomic E-state index is -4.26. The Bertz CT molecular complexity index is 587. The molecule has 1 unspecified atom stereocenters. The number of hydrogen-bond acceptors (Lipinski definition) is 0. The van der Waals surface area contributed by atoms with E-state index < -0.39 is 11.7 Å². The van der Waals surface area contributed by atoms with Gasteiger partial charge >= 0.3 is 6.18 Å². The average molecular weight is 334 g/mol. The molecule has 0 N–H and O–H groups in total. The molecule has 1 atom stereocenters. The van der Waals surface area contributed by atoms with Crippen molar-refractivity contribution in [1.29, 1.82) is 0 Å². The second-order valence-corrected chi connectivity index (χ2v) is 7.25. The van der Waals surface area contributed by atoms with Gasteiger partial charge in [0.05, 0.1) is 5.56 Å². The zero-order valence-corrected chi connectivity index (χ0v) is 14.0. The van der Waals surface area contributed by atoms with Gasteiger partial charge in [-0.3, -0.25) is 0 Å². The fourth-order valence-corrected chi connectivity index (χ4v) is 4.27. The van der Waals surface area contributed by atoms with E-state index in [0.717, 1.165) is 36.7 Å². The molecule has 0 radical (unpaired) electrons. The standard InChI is InChI=1S/C21H25F3/c1-2-15-3-5-16(6-4-15)17-7-9-18(10-8-17)19-11-13-20(14-12-19)21(22,23)24/h2,9,11-17H,1,3-8,10H2. The molecule has 130 valence electrons. The fourth-order valence-electron chi connectivity index (χ4n) is 4.27. The van der Waals surface area contributed by atoms with Gasteiger partial charge in [-0.05, 0) is 86.0 Å². The van der Waals surface area contributed by atoms with Crippen molar-refractivity contribution in [1.82, 2.24) is 0 Å². The highest BCUT2D eigenvalue weighted by molar-refractivity contribution is 5.66. The van der Waals surface area contributed by atoms with Crippen LogP contribution < -0.4 is 0 Å². The van der Waals surface area contributed by atoms with Crippen molar-refractivity contribution in [3.8, 4) is 0 Å². The maximum atomic E-state index is 12.7. The lowest BCUT2D eigenvalue weighted by Crippen LogP contribution is -2.22. The van der Waals surface area contributed by atoms with E-state index in [4.69, 9.17) is 0 Å². The molecule has 0 heterocycles. The number of allylic oxidation sites excluding steroid dienone is 3. The summed E-state index contributed by atoms with van der Waals surface area (Å²) in [5.74, 6) is 2.25. The van der Waals surface area contributed by atoms with Gasteiger partial charge in [0.25, 0.3) is 0 Å².